The summed E-state index contributed by atoms with van der Waals surface area (Å²) in [6.45, 7) is 7.08. The first-order valence-electron chi connectivity index (χ1n) is 5.12. The highest BCUT2D eigenvalue weighted by Gasteiger charge is 2.19. The van der Waals surface area contributed by atoms with Gasteiger partial charge in [0, 0.05) is 5.56 Å². The molecule has 0 spiro atoms. The molecule has 3 nitrogen and oxygen atoms in total. The smallest absolute Gasteiger partial charge is 0.341 e. The summed E-state index contributed by atoms with van der Waals surface area (Å²) in [7, 11) is 1.22. The predicted octanol–water partition coefficient (Wildman–Crippen LogP) is 2.33. The van der Waals surface area contributed by atoms with Crippen LogP contribution in [0, 0.1) is 0 Å². The molecule has 0 aliphatic carbocycles. The maximum Gasteiger partial charge on any atom is 0.341 e. The van der Waals surface area contributed by atoms with Crippen molar-refractivity contribution in [2.75, 3.05) is 7.11 Å². The molecule has 0 fully saturated rings. The van der Waals surface area contributed by atoms with Crippen molar-refractivity contribution in [3.8, 4) is 0 Å². The SMILES string of the molecule is C=CCc1ccccc1C(=O)C(=C)C(=O)OC. The number of ether oxygens (including phenoxy) is 1. The first-order chi connectivity index (χ1) is 8.11. The van der Waals surface area contributed by atoms with Crippen LogP contribution < -0.4 is 0 Å². The molecule has 0 N–H and O–H groups in total. The van der Waals surface area contributed by atoms with Crippen LogP contribution in [0.15, 0.2) is 49.1 Å². The Labute approximate surface area is 100 Å². The minimum absolute atomic E-state index is 0.163. The first-order valence-corrected chi connectivity index (χ1v) is 5.12. The van der Waals surface area contributed by atoms with Gasteiger partial charge in [-0.2, -0.15) is 0 Å². The molecule has 0 radical (unpaired) electrons. The second-order valence-electron chi connectivity index (χ2n) is 3.45. The molecule has 3 heteroatoms. The van der Waals surface area contributed by atoms with Gasteiger partial charge in [0.2, 0.25) is 0 Å². The fraction of sp³-hybridized carbons (Fsp3) is 0.143. The van der Waals surface area contributed by atoms with Gasteiger partial charge in [-0.15, -0.1) is 6.58 Å². The van der Waals surface area contributed by atoms with Gasteiger partial charge in [-0.25, -0.2) is 4.79 Å². The van der Waals surface area contributed by atoms with Crippen molar-refractivity contribution in [1.29, 1.82) is 0 Å². The molecule has 0 aliphatic heterocycles. The number of benzene rings is 1. The molecule has 0 amide bonds. The van der Waals surface area contributed by atoms with Crippen LogP contribution in [0.5, 0.6) is 0 Å². The summed E-state index contributed by atoms with van der Waals surface area (Å²) < 4.78 is 4.47. The van der Waals surface area contributed by atoms with Gasteiger partial charge in [0.05, 0.1) is 7.11 Å². The predicted molar refractivity (Wildman–Crippen MR) is 65.8 cm³/mol. The molecule has 1 rings (SSSR count). The third kappa shape index (κ3) is 2.91. The minimum atomic E-state index is -0.705. The Hall–Kier alpha value is -2.16. The summed E-state index contributed by atoms with van der Waals surface area (Å²) >= 11 is 0. The number of Topliss-reactive ketones (excluding diaryl/α,β-unsaturated/α-hetero) is 1. The van der Waals surface area contributed by atoms with E-state index in [1.165, 1.54) is 7.11 Å². The van der Waals surface area contributed by atoms with E-state index in [0.717, 1.165) is 5.56 Å². The third-order valence-corrected chi connectivity index (χ3v) is 2.33. The molecular weight excluding hydrogens is 216 g/mol. The van der Waals surface area contributed by atoms with Crippen molar-refractivity contribution >= 4 is 11.8 Å². The van der Waals surface area contributed by atoms with Crippen LogP contribution in [0.25, 0.3) is 0 Å². The van der Waals surface area contributed by atoms with Crippen LogP contribution in [0.4, 0.5) is 0 Å². The molecule has 0 saturated carbocycles. The number of methoxy groups -OCH3 is 1. The van der Waals surface area contributed by atoms with Crippen LogP contribution in [0.2, 0.25) is 0 Å². The number of ketones is 1. The largest absolute Gasteiger partial charge is 0.465 e. The summed E-state index contributed by atoms with van der Waals surface area (Å²) in [5.74, 6) is -1.11. The Morgan fingerprint density at radius 3 is 2.59 bits per heavy atom. The van der Waals surface area contributed by atoms with Gasteiger partial charge in [-0.3, -0.25) is 4.79 Å². The van der Waals surface area contributed by atoms with E-state index < -0.39 is 11.8 Å². The zero-order valence-corrected chi connectivity index (χ0v) is 9.73. The molecule has 0 aromatic heterocycles. The monoisotopic (exact) mass is 230 g/mol. The van der Waals surface area contributed by atoms with Gasteiger partial charge in [0.15, 0.2) is 5.78 Å². The zero-order chi connectivity index (χ0) is 12.8. The van der Waals surface area contributed by atoms with E-state index in [1.54, 1.807) is 18.2 Å². The van der Waals surface area contributed by atoms with Crippen molar-refractivity contribution in [3.05, 3.63) is 60.2 Å². The number of esters is 1. The minimum Gasteiger partial charge on any atom is -0.465 e. The quantitative estimate of drug-likeness (QED) is 0.195. The average Bonchev–Trinajstić information content (AvgIpc) is 2.37. The topological polar surface area (TPSA) is 43.4 Å². The van der Waals surface area contributed by atoms with Gasteiger partial charge in [-0.05, 0) is 12.0 Å². The van der Waals surface area contributed by atoms with Gasteiger partial charge in [0.1, 0.15) is 5.57 Å². The number of carbonyl (C=O) groups is 2. The number of carbonyl (C=O) groups excluding carboxylic acids is 2. The fourth-order valence-corrected chi connectivity index (χ4v) is 1.45. The Balaban J connectivity index is 3.07. The fourth-order valence-electron chi connectivity index (χ4n) is 1.45. The van der Waals surface area contributed by atoms with Gasteiger partial charge in [-0.1, -0.05) is 36.9 Å². The standard InChI is InChI=1S/C14H14O3/c1-4-7-11-8-5-6-9-12(11)13(15)10(2)14(16)17-3/h4-6,8-9H,1-2,7H2,3H3. The van der Waals surface area contributed by atoms with E-state index >= 15 is 0 Å². The van der Waals surface area contributed by atoms with Gasteiger partial charge >= 0.3 is 5.97 Å². The molecule has 1 aromatic rings. The number of hydrogen-bond donors (Lipinski definition) is 0. The van der Waals surface area contributed by atoms with Crippen LogP contribution in [-0.4, -0.2) is 18.9 Å². The highest BCUT2D eigenvalue weighted by Crippen LogP contribution is 2.15. The number of rotatable bonds is 5. The normalized spacial score (nSPS) is 9.47. The maximum absolute atomic E-state index is 12.0. The van der Waals surface area contributed by atoms with Crippen molar-refractivity contribution in [3.63, 3.8) is 0 Å². The highest BCUT2D eigenvalue weighted by atomic mass is 16.5. The maximum atomic E-state index is 12.0. The molecular formula is C14H14O3. The van der Waals surface area contributed by atoms with E-state index in [2.05, 4.69) is 17.9 Å². The zero-order valence-electron chi connectivity index (χ0n) is 9.73. The molecule has 1 aromatic carbocycles. The summed E-state index contributed by atoms with van der Waals surface area (Å²) in [5, 5.41) is 0. The Bertz CT molecular complexity index is 472. The van der Waals surface area contributed by atoms with Gasteiger partial charge < -0.3 is 4.74 Å². The summed E-state index contributed by atoms with van der Waals surface area (Å²) in [6.07, 6.45) is 2.27. The van der Waals surface area contributed by atoms with Gasteiger partial charge in [0.25, 0.3) is 0 Å². The number of hydrogen-bond acceptors (Lipinski definition) is 3. The van der Waals surface area contributed by atoms with E-state index in [-0.39, 0.29) is 5.57 Å². The molecule has 17 heavy (non-hydrogen) atoms. The van der Waals surface area contributed by atoms with Crippen LogP contribution >= 0.6 is 0 Å². The summed E-state index contributed by atoms with van der Waals surface area (Å²) in [5.41, 5.74) is 1.12. The lowest BCUT2D eigenvalue weighted by Gasteiger charge is -2.07. The van der Waals surface area contributed by atoms with Crippen LogP contribution in [0.1, 0.15) is 15.9 Å². The van der Waals surface area contributed by atoms with Crippen LogP contribution in [-0.2, 0) is 16.0 Å². The Morgan fingerprint density at radius 2 is 2.00 bits per heavy atom. The van der Waals surface area contributed by atoms with Crippen molar-refractivity contribution in [2.45, 2.75) is 6.42 Å². The molecule has 0 heterocycles. The summed E-state index contributed by atoms with van der Waals surface area (Å²) in [4.78, 5) is 23.2. The third-order valence-electron chi connectivity index (χ3n) is 2.33. The molecule has 0 unspecified atom stereocenters. The number of allylic oxidation sites excluding steroid dienone is 1. The lowest BCUT2D eigenvalue weighted by molar-refractivity contribution is -0.135. The first kappa shape index (κ1) is 12.9. The molecule has 0 bridgehead atoms. The molecule has 0 aliphatic rings. The van der Waals surface area contributed by atoms with Crippen LogP contribution in [0.3, 0.4) is 0 Å². The van der Waals surface area contributed by atoms with Crippen molar-refractivity contribution in [2.24, 2.45) is 0 Å². The molecule has 0 atom stereocenters. The highest BCUT2D eigenvalue weighted by molar-refractivity contribution is 6.24. The Kier molecular flexibility index (Phi) is 4.40. The molecule has 88 valence electrons. The molecule has 0 saturated heterocycles. The van der Waals surface area contributed by atoms with Crippen molar-refractivity contribution in [1.82, 2.24) is 0 Å². The average molecular weight is 230 g/mol. The second-order valence-corrected chi connectivity index (χ2v) is 3.45. The van der Waals surface area contributed by atoms with E-state index in [9.17, 15) is 9.59 Å². The van der Waals surface area contributed by atoms with E-state index in [4.69, 9.17) is 0 Å². The second kappa shape index (κ2) is 5.80. The lowest BCUT2D eigenvalue weighted by Crippen LogP contribution is -2.15. The van der Waals surface area contributed by atoms with Crippen molar-refractivity contribution < 1.29 is 14.3 Å². The lowest BCUT2D eigenvalue weighted by atomic mass is 9.97. The van der Waals surface area contributed by atoms with E-state index in [1.807, 2.05) is 12.1 Å². The Morgan fingerprint density at radius 1 is 1.35 bits per heavy atom. The van der Waals surface area contributed by atoms with E-state index in [0.29, 0.717) is 12.0 Å². The summed E-state index contributed by atoms with van der Waals surface area (Å²) in [6, 6.07) is 7.05.